The van der Waals surface area contributed by atoms with Crippen LogP contribution >= 0.6 is 0 Å². The van der Waals surface area contributed by atoms with Crippen LogP contribution in [-0.2, 0) is 4.74 Å². The Balaban J connectivity index is 1.76. The highest BCUT2D eigenvalue weighted by Gasteiger charge is 2.46. The molecule has 22 heavy (non-hydrogen) atoms. The van der Waals surface area contributed by atoms with E-state index in [0.29, 0.717) is 11.3 Å². The van der Waals surface area contributed by atoms with Gasteiger partial charge in [-0.15, -0.1) is 6.42 Å². The lowest BCUT2D eigenvalue weighted by atomic mass is 10.0. The fourth-order valence-corrected chi connectivity index (χ4v) is 2.29. The Labute approximate surface area is 127 Å². The first kappa shape index (κ1) is 14.3. The van der Waals surface area contributed by atoms with Crippen molar-refractivity contribution in [2.24, 2.45) is 0 Å². The number of ketones is 1. The van der Waals surface area contributed by atoms with Crippen molar-refractivity contribution in [1.29, 1.82) is 0 Å². The Hall–Kier alpha value is -2.64. The topological polar surface area (TPSA) is 38.8 Å². The van der Waals surface area contributed by atoms with E-state index in [0.717, 1.165) is 5.56 Å². The lowest BCUT2D eigenvalue weighted by molar-refractivity contribution is 0.0950. The van der Waals surface area contributed by atoms with E-state index in [1.807, 2.05) is 0 Å². The highest BCUT2D eigenvalue weighted by atomic mass is 19.1. The van der Waals surface area contributed by atoms with E-state index in [1.165, 1.54) is 12.1 Å². The second kappa shape index (κ2) is 6.00. The maximum atomic E-state index is 12.9. The molecular weight excluding hydrogens is 283 g/mol. The molecule has 0 aromatic heterocycles. The Bertz CT molecular complexity index is 731. The Morgan fingerprint density at radius 2 is 1.95 bits per heavy atom. The zero-order valence-corrected chi connectivity index (χ0v) is 11.7. The van der Waals surface area contributed by atoms with Crippen molar-refractivity contribution in [2.75, 3.05) is 6.61 Å². The lowest BCUT2D eigenvalue weighted by Crippen LogP contribution is -2.10. The number of para-hydroxylation sites is 1. The van der Waals surface area contributed by atoms with Crippen molar-refractivity contribution in [3.63, 3.8) is 0 Å². The van der Waals surface area contributed by atoms with Crippen LogP contribution < -0.4 is 4.74 Å². The van der Waals surface area contributed by atoms with Crippen LogP contribution in [0.2, 0.25) is 0 Å². The molecule has 1 fully saturated rings. The maximum Gasteiger partial charge on any atom is 0.198 e. The Morgan fingerprint density at radius 3 is 2.68 bits per heavy atom. The number of Topliss-reactive ketones (excluding diaryl/α,β-unsaturated/α-hetero) is 1. The number of halogens is 1. The fourth-order valence-electron chi connectivity index (χ4n) is 2.29. The quantitative estimate of drug-likeness (QED) is 0.483. The van der Waals surface area contributed by atoms with Gasteiger partial charge in [0.15, 0.2) is 11.9 Å². The summed E-state index contributed by atoms with van der Waals surface area (Å²) in [7, 11) is 0. The van der Waals surface area contributed by atoms with Gasteiger partial charge in [0.2, 0.25) is 0 Å². The zero-order chi connectivity index (χ0) is 15.5. The van der Waals surface area contributed by atoms with E-state index in [9.17, 15) is 9.18 Å². The van der Waals surface area contributed by atoms with Crippen molar-refractivity contribution >= 4 is 5.78 Å². The summed E-state index contributed by atoms with van der Waals surface area (Å²) in [6.45, 7) is 0.0945. The second-order valence-electron chi connectivity index (χ2n) is 4.88. The minimum absolute atomic E-state index is 0.0945. The number of terminal acetylenes is 1. The molecule has 0 amide bonds. The molecule has 1 aliphatic rings. The minimum Gasteiger partial charge on any atom is -0.480 e. The van der Waals surface area contributed by atoms with E-state index >= 15 is 0 Å². The monoisotopic (exact) mass is 296 g/mol. The van der Waals surface area contributed by atoms with Gasteiger partial charge in [0.25, 0.3) is 0 Å². The number of rotatable bonds is 5. The highest BCUT2D eigenvalue weighted by Crippen LogP contribution is 2.41. The third-order valence-electron chi connectivity index (χ3n) is 3.41. The first-order valence-corrected chi connectivity index (χ1v) is 6.81. The van der Waals surface area contributed by atoms with Crippen molar-refractivity contribution < 1.29 is 18.7 Å². The summed E-state index contributed by atoms with van der Waals surface area (Å²) in [5.74, 6) is 2.33. The number of benzene rings is 2. The lowest BCUT2D eigenvalue weighted by Gasteiger charge is -2.07. The van der Waals surface area contributed by atoms with E-state index in [2.05, 4.69) is 5.92 Å². The molecule has 110 valence electrons. The molecule has 2 aromatic rings. The standard InChI is InChI=1S/C18H13FO3/c1-2-11-21-15-6-4-3-5-14(15)16(20)18-17(22-18)12-7-9-13(19)10-8-12/h1,3-10,17-18H,11H2/t17-,18-/m1/s1. The zero-order valence-electron chi connectivity index (χ0n) is 11.7. The first-order chi connectivity index (χ1) is 10.7. The van der Waals surface area contributed by atoms with Crippen LogP contribution in [0.15, 0.2) is 48.5 Å². The highest BCUT2D eigenvalue weighted by molar-refractivity contribution is 6.03. The molecule has 1 aliphatic heterocycles. The van der Waals surface area contributed by atoms with Gasteiger partial charge in [-0.05, 0) is 29.8 Å². The van der Waals surface area contributed by atoms with Gasteiger partial charge in [0.1, 0.15) is 24.3 Å². The molecule has 0 bridgehead atoms. The minimum atomic E-state index is -0.568. The third-order valence-corrected chi connectivity index (χ3v) is 3.41. The van der Waals surface area contributed by atoms with Crippen LogP contribution in [0, 0.1) is 18.2 Å². The number of carbonyl (C=O) groups excluding carboxylic acids is 1. The number of carbonyl (C=O) groups is 1. The molecule has 0 N–H and O–H groups in total. The average molecular weight is 296 g/mol. The van der Waals surface area contributed by atoms with Crippen molar-refractivity contribution in [1.82, 2.24) is 0 Å². The second-order valence-corrected chi connectivity index (χ2v) is 4.88. The molecule has 1 saturated heterocycles. The van der Waals surface area contributed by atoms with Crippen LogP contribution in [-0.4, -0.2) is 18.5 Å². The molecule has 0 aliphatic carbocycles. The predicted octanol–water partition coefficient (Wildman–Crippen LogP) is 3.16. The Kier molecular flexibility index (Phi) is 3.90. The molecule has 0 saturated carbocycles. The SMILES string of the molecule is C#CCOc1ccccc1C(=O)[C@H]1O[C@@H]1c1ccc(F)cc1. The summed E-state index contributed by atoms with van der Waals surface area (Å²) in [6, 6.07) is 12.8. The number of hydrogen-bond donors (Lipinski definition) is 0. The third kappa shape index (κ3) is 2.85. The van der Waals surface area contributed by atoms with Gasteiger partial charge >= 0.3 is 0 Å². The smallest absolute Gasteiger partial charge is 0.198 e. The summed E-state index contributed by atoms with van der Waals surface area (Å²) in [5, 5.41) is 0. The van der Waals surface area contributed by atoms with Crippen LogP contribution in [0.25, 0.3) is 0 Å². The molecule has 3 rings (SSSR count). The molecule has 2 atom stereocenters. The molecule has 0 spiro atoms. The first-order valence-electron chi connectivity index (χ1n) is 6.81. The Morgan fingerprint density at radius 1 is 1.23 bits per heavy atom. The van der Waals surface area contributed by atoms with Crippen LogP contribution in [0.4, 0.5) is 4.39 Å². The molecule has 3 nitrogen and oxygen atoms in total. The number of hydrogen-bond acceptors (Lipinski definition) is 3. The number of epoxide rings is 1. The van der Waals surface area contributed by atoms with Gasteiger partial charge in [0.05, 0.1) is 5.56 Å². The van der Waals surface area contributed by atoms with E-state index in [1.54, 1.807) is 36.4 Å². The predicted molar refractivity (Wildman–Crippen MR) is 79.1 cm³/mol. The summed E-state index contributed by atoms with van der Waals surface area (Å²) in [4.78, 5) is 12.5. The van der Waals surface area contributed by atoms with E-state index in [-0.39, 0.29) is 24.3 Å². The number of ether oxygens (including phenoxy) is 2. The van der Waals surface area contributed by atoms with Gasteiger partial charge in [0, 0.05) is 0 Å². The fraction of sp³-hybridized carbons (Fsp3) is 0.167. The van der Waals surface area contributed by atoms with Gasteiger partial charge in [-0.2, -0.15) is 0 Å². The van der Waals surface area contributed by atoms with Crippen LogP contribution in [0.5, 0.6) is 5.75 Å². The molecule has 2 aromatic carbocycles. The maximum absolute atomic E-state index is 12.9. The van der Waals surface area contributed by atoms with Gasteiger partial charge < -0.3 is 9.47 Å². The van der Waals surface area contributed by atoms with Crippen molar-refractivity contribution in [3.05, 3.63) is 65.5 Å². The van der Waals surface area contributed by atoms with Crippen LogP contribution in [0.1, 0.15) is 22.0 Å². The summed E-state index contributed by atoms with van der Waals surface area (Å²) in [6.07, 6.45) is 4.26. The van der Waals surface area contributed by atoms with Gasteiger partial charge in [-0.25, -0.2) is 4.39 Å². The van der Waals surface area contributed by atoms with E-state index < -0.39 is 6.10 Å². The van der Waals surface area contributed by atoms with Crippen molar-refractivity contribution in [2.45, 2.75) is 12.2 Å². The van der Waals surface area contributed by atoms with Gasteiger partial charge in [-0.1, -0.05) is 30.2 Å². The molecule has 4 heteroatoms. The van der Waals surface area contributed by atoms with Crippen molar-refractivity contribution in [3.8, 4) is 18.1 Å². The average Bonchev–Trinajstić information content (AvgIpc) is 3.34. The van der Waals surface area contributed by atoms with E-state index in [4.69, 9.17) is 15.9 Å². The summed E-state index contributed by atoms with van der Waals surface area (Å²) in [5.41, 5.74) is 1.22. The molecular formula is C18H13FO3. The van der Waals surface area contributed by atoms with Gasteiger partial charge in [-0.3, -0.25) is 4.79 Å². The normalized spacial score (nSPS) is 19.3. The molecule has 1 heterocycles. The molecule has 0 unspecified atom stereocenters. The summed E-state index contributed by atoms with van der Waals surface area (Å²) < 4.78 is 23.8. The largest absolute Gasteiger partial charge is 0.480 e. The molecule has 0 radical (unpaired) electrons. The summed E-state index contributed by atoms with van der Waals surface area (Å²) >= 11 is 0. The van der Waals surface area contributed by atoms with Crippen LogP contribution in [0.3, 0.4) is 0 Å².